The summed E-state index contributed by atoms with van der Waals surface area (Å²) in [5, 5.41) is -0.503. The number of hydrogen-bond acceptors (Lipinski definition) is 7. The molecule has 0 aromatic heterocycles. The molecule has 7 nitrogen and oxygen atoms in total. The summed E-state index contributed by atoms with van der Waals surface area (Å²) in [6.07, 6.45) is 1.97. The number of benzene rings is 2. The zero-order valence-corrected chi connectivity index (χ0v) is 21.5. The molecule has 3 rings (SSSR count). The number of ether oxygens (including phenoxy) is 3. The number of carbonyl (C=O) groups excluding carboxylic acids is 3. The lowest BCUT2D eigenvalue weighted by Gasteiger charge is -2.14. The first kappa shape index (κ1) is 25.1. The quantitative estimate of drug-likeness (QED) is 0.227. The molecule has 2 aromatic rings. The third kappa shape index (κ3) is 6.73. The van der Waals surface area contributed by atoms with Gasteiger partial charge in [-0.15, -0.1) is 0 Å². The maximum absolute atomic E-state index is 12.7. The van der Waals surface area contributed by atoms with E-state index in [2.05, 4.69) is 22.6 Å². The van der Waals surface area contributed by atoms with Gasteiger partial charge in [-0.3, -0.25) is 19.3 Å². The largest absolute Gasteiger partial charge is 0.493 e. The summed E-state index contributed by atoms with van der Waals surface area (Å²) in [6, 6.07) is 13.3. The van der Waals surface area contributed by atoms with Gasteiger partial charge in [0.2, 0.25) is 0 Å². The SMILES string of the molecule is CC[C@H](C)OC(=O)CN1C(=O)S/C(=C\c2ccc(OCc3ccc(I)cc3)c(OC)c2)C1=O. The van der Waals surface area contributed by atoms with Crippen LogP contribution in [0, 0.1) is 3.57 Å². The van der Waals surface area contributed by atoms with Crippen molar-refractivity contribution in [3.8, 4) is 11.5 Å². The van der Waals surface area contributed by atoms with Crippen molar-refractivity contribution in [2.45, 2.75) is 33.0 Å². The van der Waals surface area contributed by atoms with Crippen LogP contribution in [0.4, 0.5) is 4.79 Å². The lowest BCUT2D eigenvalue weighted by molar-refractivity contribution is -0.150. The molecule has 2 aromatic carbocycles. The zero-order valence-electron chi connectivity index (χ0n) is 18.5. The number of imide groups is 1. The zero-order chi connectivity index (χ0) is 24.0. The maximum Gasteiger partial charge on any atom is 0.326 e. The summed E-state index contributed by atoms with van der Waals surface area (Å²) < 4.78 is 17.6. The lowest BCUT2D eigenvalue weighted by Crippen LogP contribution is -2.35. The first-order chi connectivity index (χ1) is 15.8. The van der Waals surface area contributed by atoms with Crippen LogP contribution in [0.2, 0.25) is 0 Å². The number of halogens is 1. The summed E-state index contributed by atoms with van der Waals surface area (Å²) in [5.41, 5.74) is 1.70. The van der Waals surface area contributed by atoms with Gasteiger partial charge in [0.05, 0.1) is 18.1 Å². The Morgan fingerprint density at radius 3 is 2.55 bits per heavy atom. The first-order valence-electron chi connectivity index (χ1n) is 10.3. The topological polar surface area (TPSA) is 82.1 Å². The molecule has 0 bridgehead atoms. The predicted octanol–water partition coefficient (Wildman–Crippen LogP) is 5.26. The molecule has 0 N–H and O–H groups in total. The number of hydrogen-bond donors (Lipinski definition) is 0. The third-order valence-electron chi connectivity index (χ3n) is 4.86. The van der Waals surface area contributed by atoms with Crippen molar-refractivity contribution in [2.24, 2.45) is 0 Å². The van der Waals surface area contributed by atoms with Crippen molar-refractivity contribution in [1.82, 2.24) is 4.90 Å². The van der Waals surface area contributed by atoms with Crippen LogP contribution in [0.25, 0.3) is 6.08 Å². The van der Waals surface area contributed by atoms with Crippen LogP contribution in [0.1, 0.15) is 31.4 Å². The van der Waals surface area contributed by atoms with E-state index in [0.717, 1.165) is 25.8 Å². The van der Waals surface area contributed by atoms with Gasteiger partial charge in [0.1, 0.15) is 13.2 Å². The van der Waals surface area contributed by atoms with E-state index in [1.165, 1.54) is 7.11 Å². The first-order valence-corrected chi connectivity index (χ1v) is 12.2. The van der Waals surface area contributed by atoms with Gasteiger partial charge in [-0.2, -0.15) is 0 Å². The molecule has 1 saturated heterocycles. The average molecular weight is 581 g/mol. The maximum atomic E-state index is 12.7. The number of methoxy groups -OCH3 is 1. The van der Waals surface area contributed by atoms with Crippen LogP contribution in [0.3, 0.4) is 0 Å². The Morgan fingerprint density at radius 2 is 1.88 bits per heavy atom. The van der Waals surface area contributed by atoms with Crippen molar-refractivity contribution in [3.63, 3.8) is 0 Å². The molecule has 1 aliphatic rings. The number of nitrogens with zero attached hydrogens (tertiary/aromatic N) is 1. The van der Waals surface area contributed by atoms with Crippen LogP contribution in [-0.2, 0) is 20.9 Å². The number of rotatable bonds is 9. The van der Waals surface area contributed by atoms with E-state index in [4.69, 9.17) is 14.2 Å². The van der Waals surface area contributed by atoms with E-state index in [0.29, 0.717) is 30.1 Å². The van der Waals surface area contributed by atoms with Crippen LogP contribution in [-0.4, -0.2) is 41.8 Å². The van der Waals surface area contributed by atoms with E-state index in [1.807, 2.05) is 31.2 Å². The van der Waals surface area contributed by atoms with Gasteiger partial charge in [-0.05, 0) is 89.2 Å². The molecule has 0 saturated carbocycles. The van der Waals surface area contributed by atoms with Crippen LogP contribution in [0.5, 0.6) is 11.5 Å². The Hall–Kier alpha value is -2.53. The summed E-state index contributed by atoms with van der Waals surface area (Å²) in [4.78, 5) is 38.1. The van der Waals surface area contributed by atoms with E-state index >= 15 is 0 Å². The average Bonchev–Trinajstić information content (AvgIpc) is 3.06. The van der Waals surface area contributed by atoms with E-state index in [1.54, 1.807) is 31.2 Å². The highest BCUT2D eigenvalue weighted by atomic mass is 127. The highest BCUT2D eigenvalue weighted by Gasteiger charge is 2.36. The third-order valence-corrected chi connectivity index (χ3v) is 6.49. The minimum Gasteiger partial charge on any atom is -0.493 e. The highest BCUT2D eigenvalue weighted by Crippen LogP contribution is 2.34. The molecule has 1 aliphatic heterocycles. The van der Waals surface area contributed by atoms with Gasteiger partial charge >= 0.3 is 5.97 Å². The number of amides is 2. The Labute approximate surface area is 210 Å². The van der Waals surface area contributed by atoms with Crippen LogP contribution >= 0.6 is 34.4 Å². The highest BCUT2D eigenvalue weighted by molar-refractivity contribution is 14.1. The summed E-state index contributed by atoms with van der Waals surface area (Å²) in [5.74, 6) is -0.0620. The molecule has 33 heavy (non-hydrogen) atoms. The Kier molecular flexibility index (Phi) is 8.79. The number of thioether (sulfide) groups is 1. The second-order valence-corrected chi connectivity index (χ2v) is 9.54. The minimum absolute atomic E-state index is 0.228. The molecule has 0 spiro atoms. The van der Waals surface area contributed by atoms with Crippen molar-refractivity contribution >= 4 is 57.5 Å². The van der Waals surface area contributed by atoms with Gasteiger partial charge in [0, 0.05) is 3.57 Å². The van der Waals surface area contributed by atoms with Crippen LogP contribution < -0.4 is 9.47 Å². The Morgan fingerprint density at radius 1 is 1.15 bits per heavy atom. The number of carbonyl (C=O) groups is 3. The summed E-state index contributed by atoms with van der Waals surface area (Å²) in [6.45, 7) is 3.62. The number of esters is 1. The molecule has 174 valence electrons. The molecule has 2 amide bonds. The standard InChI is InChI=1S/C24H24INO6S/c1-4-15(2)32-22(27)13-26-23(28)21(33-24(26)29)12-17-7-10-19(20(11-17)30-3)31-14-16-5-8-18(25)9-6-16/h5-12,15H,4,13-14H2,1-3H3/b21-12-/t15-/m0/s1. The predicted molar refractivity (Wildman–Crippen MR) is 135 cm³/mol. The molecule has 0 aliphatic carbocycles. The van der Waals surface area contributed by atoms with Gasteiger partial charge in [-0.25, -0.2) is 0 Å². The van der Waals surface area contributed by atoms with Crippen LogP contribution in [0.15, 0.2) is 47.4 Å². The van der Waals surface area contributed by atoms with Crippen molar-refractivity contribution in [2.75, 3.05) is 13.7 Å². The fourth-order valence-electron chi connectivity index (χ4n) is 2.90. The Balaban J connectivity index is 1.69. The van der Waals surface area contributed by atoms with Gasteiger partial charge < -0.3 is 14.2 Å². The molecular formula is C24H24INO6S. The smallest absolute Gasteiger partial charge is 0.326 e. The molecule has 0 unspecified atom stereocenters. The van der Waals surface area contributed by atoms with E-state index < -0.39 is 23.7 Å². The molecule has 1 fully saturated rings. The molecular weight excluding hydrogens is 557 g/mol. The van der Waals surface area contributed by atoms with Crippen molar-refractivity contribution in [1.29, 1.82) is 0 Å². The van der Waals surface area contributed by atoms with Crippen molar-refractivity contribution < 1.29 is 28.6 Å². The molecule has 1 heterocycles. The van der Waals surface area contributed by atoms with E-state index in [9.17, 15) is 14.4 Å². The van der Waals surface area contributed by atoms with Gasteiger partial charge in [0.15, 0.2) is 11.5 Å². The molecule has 0 radical (unpaired) electrons. The second-order valence-electron chi connectivity index (χ2n) is 7.30. The normalized spacial score (nSPS) is 15.6. The monoisotopic (exact) mass is 581 g/mol. The van der Waals surface area contributed by atoms with Gasteiger partial charge in [-0.1, -0.05) is 25.1 Å². The van der Waals surface area contributed by atoms with Gasteiger partial charge in [0.25, 0.3) is 11.1 Å². The lowest BCUT2D eigenvalue weighted by atomic mass is 10.1. The molecule has 9 heteroatoms. The van der Waals surface area contributed by atoms with E-state index in [-0.39, 0.29) is 11.0 Å². The summed E-state index contributed by atoms with van der Waals surface area (Å²) in [7, 11) is 1.54. The Bertz CT molecular complexity index is 1070. The molecule has 1 atom stereocenters. The van der Waals surface area contributed by atoms with Crippen molar-refractivity contribution in [3.05, 3.63) is 62.1 Å². The fraction of sp³-hybridized carbons (Fsp3) is 0.292. The fourth-order valence-corrected chi connectivity index (χ4v) is 4.09. The summed E-state index contributed by atoms with van der Waals surface area (Å²) >= 11 is 3.04. The second kappa shape index (κ2) is 11.6. The minimum atomic E-state index is -0.607.